The minimum Gasteiger partial charge on any atom is -0.480 e. The Morgan fingerprint density at radius 1 is 1.22 bits per heavy atom. The highest BCUT2D eigenvalue weighted by Crippen LogP contribution is 2.32. The van der Waals surface area contributed by atoms with E-state index >= 15 is 0 Å². The van der Waals surface area contributed by atoms with Gasteiger partial charge in [-0.3, -0.25) is 9.69 Å². The van der Waals surface area contributed by atoms with Gasteiger partial charge in [-0.05, 0) is 31.1 Å². The van der Waals surface area contributed by atoms with E-state index in [1.54, 1.807) is 0 Å². The van der Waals surface area contributed by atoms with Crippen molar-refractivity contribution in [1.29, 1.82) is 0 Å². The second-order valence-electron chi connectivity index (χ2n) is 5.49. The maximum absolute atomic E-state index is 12.5. The number of carbonyl (C=O) groups is 1. The fourth-order valence-electron chi connectivity index (χ4n) is 2.92. The van der Waals surface area contributed by atoms with Crippen molar-refractivity contribution in [3.63, 3.8) is 0 Å². The number of halogens is 3. The van der Waals surface area contributed by atoms with Crippen LogP contribution < -0.4 is 0 Å². The molecule has 2 atom stereocenters. The van der Waals surface area contributed by atoms with Gasteiger partial charge in [-0.2, -0.15) is 13.2 Å². The summed E-state index contributed by atoms with van der Waals surface area (Å²) >= 11 is 0. The van der Waals surface area contributed by atoms with Gasteiger partial charge in [0.2, 0.25) is 0 Å². The molecule has 0 aromatic carbocycles. The lowest BCUT2D eigenvalue weighted by molar-refractivity contribution is -0.160. The fraction of sp³-hybridized carbons (Fsp3) is 0.917. The molecule has 0 spiro atoms. The molecule has 0 aromatic rings. The standard InChI is InChI=1S/C12H20F3NO2/c1-8-3-9(2)5-10(4-8)16(6-11(17)18)7-12(13,14)15/h8-10H,3-7H2,1-2H3,(H,17,18). The molecule has 3 nitrogen and oxygen atoms in total. The van der Waals surface area contributed by atoms with Crippen LogP contribution in [0.1, 0.15) is 33.1 Å². The predicted octanol–water partition coefficient (Wildman–Crippen LogP) is 2.76. The summed E-state index contributed by atoms with van der Waals surface area (Å²) in [5.74, 6) is -0.503. The molecule has 0 saturated heterocycles. The summed E-state index contributed by atoms with van der Waals surface area (Å²) in [6, 6.07) is -0.276. The van der Waals surface area contributed by atoms with Gasteiger partial charge in [-0.1, -0.05) is 13.8 Å². The molecule has 18 heavy (non-hydrogen) atoms. The molecule has 1 N–H and O–H groups in total. The highest BCUT2D eigenvalue weighted by atomic mass is 19.4. The number of aliphatic carboxylic acids is 1. The molecule has 1 aliphatic rings. The van der Waals surface area contributed by atoms with Crippen LogP contribution in [0, 0.1) is 11.8 Å². The van der Waals surface area contributed by atoms with E-state index in [1.165, 1.54) is 0 Å². The molecule has 1 saturated carbocycles. The van der Waals surface area contributed by atoms with E-state index in [0.29, 0.717) is 24.7 Å². The molecule has 2 unspecified atom stereocenters. The van der Waals surface area contributed by atoms with Crippen LogP contribution in [0.15, 0.2) is 0 Å². The summed E-state index contributed by atoms with van der Waals surface area (Å²) in [5.41, 5.74) is 0. The van der Waals surface area contributed by atoms with Gasteiger partial charge in [0.1, 0.15) is 0 Å². The van der Waals surface area contributed by atoms with Crippen LogP contribution in [-0.4, -0.2) is 41.3 Å². The summed E-state index contributed by atoms with van der Waals surface area (Å²) in [7, 11) is 0. The molecule has 0 bridgehead atoms. The average Bonchev–Trinajstić information content (AvgIpc) is 2.11. The Bertz CT molecular complexity index is 284. The van der Waals surface area contributed by atoms with Gasteiger partial charge >= 0.3 is 12.1 Å². The fourth-order valence-corrected chi connectivity index (χ4v) is 2.92. The molecule has 0 heterocycles. The summed E-state index contributed by atoms with van der Waals surface area (Å²) in [4.78, 5) is 11.8. The molecule has 1 aliphatic carbocycles. The second-order valence-corrected chi connectivity index (χ2v) is 5.49. The van der Waals surface area contributed by atoms with E-state index < -0.39 is 25.2 Å². The summed E-state index contributed by atoms with van der Waals surface area (Å²) in [6.45, 7) is 2.34. The third-order valence-corrected chi connectivity index (χ3v) is 3.39. The van der Waals surface area contributed by atoms with E-state index in [0.717, 1.165) is 11.3 Å². The van der Waals surface area contributed by atoms with Crippen LogP contribution in [0.5, 0.6) is 0 Å². The van der Waals surface area contributed by atoms with Crippen LogP contribution in [0.3, 0.4) is 0 Å². The van der Waals surface area contributed by atoms with Gasteiger partial charge in [0, 0.05) is 6.04 Å². The number of carboxylic acids is 1. The molecule has 1 fully saturated rings. The van der Waals surface area contributed by atoms with Crippen LogP contribution in [-0.2, 0) is 4.79 Å². The van der Waals surface area contributed by atoms with Crippen molar-refractivity contribution in [2.45, 2.75) is 45.3 Å². The molecule has 0 radical (unpaired) electrons. The van der Waals surface area contributed by atoms with Crippen molar-refractivity contribution in [1.82, 2.24) is 4.90 Å². The molecular weight excluding hydrogens is 247 g/mol. The smallest absolute Gasteiger partial charge is 0.401 e. The van der Waals surface area contributed by atoms with Crippen LogP contribution in [0.2, 0.25) is 0 Å². The van der Waals surface area contributed by atoms with Crippen LogP contribution >= 0.6 is 0 Å². The highest BCUT2D eigenvalue weighted by molar-refractivity contribution is 5.69. The first-order chi connectivity index (χ1) is 8.17. The number of rotatable bonds is 4. The van der Waals surface area contributed by atoms with Crippen molar-refractivity contribution < 1.29 is 23.1 Å². The third-order valence-electron chi connectivity index (χ3n) is 3.39. The van der Waals surface area contributed by atoms with Gasteiger partial charge in [-0.15, -0.1) is 0 Å². The molecule has 6 heteroatoms. The molecule has 0 amide bonds. The Morgan fingerprint density at radius 2 is 1.72 bits per heavy atom. The minimum absolute atomic E-state index is 0.276. The maximum Gasteiger partial charge on any atom is 0.401 e. The largest absolute Gasteiger partial charge is 0.480 e. The lowest BCUT2D eigenvalue weighted by Crippen LogP contribution is -2.47. The van der Waals surface area contributed by atoms with Gasteiger partial charge in [0.15, 0.2) is 0 Å². The monoisotopic (exact) mass is 267 g/mol. The SMILES string of the molecule is CC1CC(C)CC(N(CC(=O)O)CC(F)(F)F)C1. The Morgan fingerprint density at radius 3 is 2.11 bits per heavy atom. The van der Waals surface area contributed by atoms with Crippen LogP contribution in [0.25, 0.3) is 0 Å². The normalized spacial score (nSPS) is 29.6. The second kappa shape index (κ2) is 5.91. The molecule has 1 rings (SSSR count). The van der Waals surface area contributed by atoms with E-state index in [-0.39, 0.29) is 6.04 Å². The van der Waals surface area contributed by atoms with Crippen LogP contribution in [0.4, 0.5) is 13.2 Å². The topological polar surface area (TPSA) is 40.5 Å². The average molecular weight is 267 g/mol. The Kier molecular flexibility index (Phi) is 5.01. The summed E-state index contributed by atoms with van der Waals surface area (Å²) in [5, 5.41) is 8.73. The molecule has 106 valence electrons. The summed E-state index contributed by atoms with van der Waals surface area (Å²) < 4.78 is 37.4. The van der Waals surface area contributed by atoms with E-state index in [2.05, 4.69) is 0 Å². The van der Waals surface area contributed by atoms with Gasteiger partial charge < -0.3 is 5.11 Å². The number of carboxylic acid groups (broad SMARTS) is 1. The van der Waals surface area contributed by atoms with E-state index in [1.807, 2.05) is 13.8 Å². The Balaban J connectivity index is 2.71. The number of hydrogen-bond donors (Lipinski definition) is 1. The zero-order valence-electron chi connectivity index (χ0n) is 10.7. The van der Waals surface area contributed by atoms with Crippen molar-refractivity contribution in [3.8, 4) is 0 Å². The first-order valence-corrected chi connectivity index (χ1v) is 6.20. The summed E-state index contributed by atoms with van der Waals surface area (Å²) in [6.07, 6.45) is -2.05. The zero-order valence-corrected chi connectivity index (χ0v) is 10.7. The third kappa shape index (κ3) is 5.25. The van der Waals surface area contributed by atoms with Gasteiger partial charge in [0.25, 0.3) is 0 Å². The Labute approximate surface area is 105 Å². The predicted molar refractivity (Wildman–Crippen MR) is 61.2 cm³/mol. The van der Waals surface area contributed by atoms with Crippen molar-refractivity contribution in [3.05, 3.63) is 0 Å². The highest BCUT2D eigenvalue weighted by Gasteiger charge is 2.37. The first kappa shape index (κ1) is 15.3. The van der Waals surface area contributed by atoms with Gasteiger partial charge in [0.05, 0.1) is 13.1 Å². The van der Waals surface area contributed by atoms with Crippen molar-refractivity contribution in [2.24, 2.45) is 11.8 Å². The molecule has 0 aliphatic heterocycles. The minimum atomic E-state index is -4.35. The number of alkyl halides is 3. The van der Waals surface area contributed by atoms with E-state index in [4.69, 9.17) is 5.11 Å². The lowest BCUT2D eigenvalue weighted by Gasteiger charge is -2.38. The van der Waals surface area contributed by atoms with E-state index in [9.17, 15) is 18.0 Å². The Hall–Kier alpha value is -0.780. The quantitative estimate of drug-likeness (QED) is 0.851. The zero-order chi connectivity index (χ0) is 13.9. The molecular formula is C12H20F3NO2. The van der Waals surface area contributed by atoms with Crippen molar-refractivity contribution >= 4 is 5.97 Å². The number of nitrogens with zero attached hydrogens (tertiary/aromatic N) is 1. The number of hydrogen-bond acceptors (Lipinski definition) is 2. The lowest BCUT2D eigenvalue weighted by atomic mass is 9.80. The van der Waals surface area contributed by atoms with Crippen molar-refractivity contribution in [2.75, 3.05) is 13.1 Å². The van der Waals surface area contributed by atoms with Gasteiger partial charge in [-0.25, -0.2) is 0 Å². The molecule has 0 aromatic heterocycles. The maximum atomic E-state index is 12.5. The first-order valence-electron chi connectivity index (χ1n) is 6.20.